The van der Waals surface area contributed by atoms with Gasteiger partial charge in [-0.15, -0.1) is 0 Å². The first kappa shape index (κ1) is 52.5. The van der Waals surface area contributed by atoms with Crippen LogP contribution in [-0.4, -0.2) is 178 Å². The average Bonchev–Trinajstić information content (AvgIpc) is 4.10. The number of nitrogens with one attached hydrogen (secondary N) is 1. The molecule has 0 bridgehead atoms. The fourth-order valence-electron chi connectivity index (χ4n) is 10.3. The van der Waals surface area contributed by atoms with Gasteiger partial charge in [0.15, 0.2) is 48.6 Å². The molecule has 0 aromatic carbocycles. The van der Waals surface area contributed by atoms with E-state index in [0.29, 0.717) is 151 Å². The number of halogens is 2. The number of rotatable bonds is 6. The van der Waals surface area contributed by atoms with Gasteiger partial charge in [0, 0.05) is 93.2 Å². The summed E-state index contributed by atoms with van der Waals surface area (Å²) in [5.41, 5.74) is 4.83. The molecule has 12 rings (SSSR count). The van der Waals surface area contributed by atoms with E-state index in [0.717, 1.165) is 34.0 Å². The minimum Gasteiger partial charge on any atom is -0.486 e. The van der Waals surface area contributed by atoms with Crippen LogP contribution in [0.2, 0.25) is 5.28 Å². The Kier molecular flexibility index (Phi) is 16.0. The van der Waals surface area contributed by atoms with Crippen LogP contribution >= 0.6 is 34.2 Å². The van der Waals surface area contributed by atoms with Gasteiger partial charge in [-0.3, -0.25) is 9.97 Å². The summed E-state index contributed by atoms with van der Waals surface area (Å²) in [5, 5.41) is 18.9. The lowest BCUT2D eigenvalue weighted by atomic mass is 9.78. The molecule has 21 nitrogen and oxygen atoms in total. The third kappa shape index (κ3) is 10.0. The van der Waals surface area contributed by atoms with E-state index in [1.807, 2.05) is 29.3 Å². The fraction of sp³-hybridized carbons (Fsp3) is 0.522. The molecule has 0 amide bonds. The summed E-state index contributed by atoms with van der Waals surface area (Å²) < 4.78 is 83.9. The number of hydrogen-bond donors (Lipinski definition) is 3. The van der Waals surface area contributed by atoms with Gasteiger partial charge in [0.2, 0.25) is 5.28 Å². The van der Waals surface area contributed by atoms with Gasteiger partial charge in [-0.05, 0) is 65.8 Å². The molecular formula is C46H56BClIN9O12S2. The number of aromatic amines is 1. The van der Waals surface area contributed by atoms with Crippen molar-refractivity contribution in [3.63, 3.8) is 0 Å². The highest BCUT2D eigenvalue weighted by atomic mass is 127. The van der Waals surface area contributed by atoms with Crippen LogP contribution in [0.15, 0.2) is 43.1 Å². The molecule has 5 aromatic heterocycles. The maximum absolute atomic E-state index is 13.3. The summed E-state index contributed by atoms with van der Waals surface area (Å²) in [7, 11) is -8.44. The summed E-state index contributed by atoms with van der Waals surface area (Å²) in [4.78, 5) is 36.1. The van der Waals surface area contributed by atoms with E-state index in [1.54, 1.807) is 18.6 Å². The van der Waals surface area contributed by atoms with Crippen LogP contribution in [0.3, 0.4) is 0 Å². The first-order chi connectivity index (χ1) is 34.7. The predicted octanol–water partition coefficient (Wildman–Crippen LogP) is 2.83. The van der Waals surface area contributed by atoms with Crippen molar-refractivity contribution >= 4 is 95.1 Å². The molecule has 0 saturated carbocycles. The molecule has 6 aliphatic heterocycles. The Morgan fingerprint density at radius 2 is 1.28 bits per heavy atom. The summed E-state index contributed by atoms with van der Waals surface area (Å²) in [5.74, 6) is 2.50. The number of hydrogen-bond acceptors (Lipinski definition) is 20. The number of ether oxygens (including phenoxy) is 6. The molecule has 386 valence electrons. The number of morpholine rings is 2. The van der Waals surface area contributed by atoms with Crippen LogP contribution in [0, 0.1) is 0 Å². The zero-order valence-corrected chi connectivity index (χ0v) is 44.5. The van der Waals surface area contributed by atoms with Crippen LogP contribution < -0.4 is 24.7 Å². The smallest absolute Gasteiger partial charge is 0.486 e. The van der Waals surface area contributed by atoms with Crippen molar-refractivity contribution in [3.05, 3.63) is 70.9 Å². The number of sulfone groups is 2. The molecule has 5 aromatic rings. The van der Waals surface area contributed by atoms with Gasteiger partial charge >= 0.3 is 7.12 Å². The van der Waals surface area contributed by atoms with Crippen molar-refractivity contribution in [1.82, 2.24) is 34.9 Å². The number of aromatic nitrogens is 7. The molecule has 2 atom stereocenters. The lowest BCUT2D eigenvalue weighted by molar-refractivity contribution is 0.0638. The molecule has 7 aliphatic rings. The van der Waals surface area contributed by atoms with Gasteiger partial charge in [-0.2, -0.15) is 4.98 Å². The van der Waals surface area contributed by atoms with Gasteiger partial charge in [0.25, 0.3) is 0 Å². The van der Waals surface area contributed by atoms with Crippen LogP contribution in [0.4, 0.5) is 11.6 Å². The first-order valence-corrected chi connectivity index (χ1v) is 29.8. The third-order valence-electron chi connectivity index (χ3n) is 14.1. The van der Waals surface area contributed by atoms with E-state index in [1.165, 1.54) is 18.7 Å². The maximum atomic E-state index is 13.3. The minimum atomic E-state index is -3.55. The molecule has 3 N–H and O–H groups in total. The van der Waals surface area contributed by atoms with Crippen molar-refractivity contribution in [1.29, 1.82) is 0 Å². The quantitative estimate of drug-likeness (QED) is 0.0955. The SMILES string of the molecule is CI.CS(=O)(=O)C1(c2nc(-c3cncc4[nH]ccc34)nc3c2OCC2COCCN32)CCOCC1.CS(=O)(=O)C1(c2nc(Cl)nc3c2OCC2COCCN32)CCOCC1.OB(O)c1cncc2c1C=CC2. The number of fused-ring (bicyclic) bond motifs is 8. The van der Waals surface area contributed by atoms with Crippen LogP contribution in [-0.2, 0) is 54.5 Å². The Morgan fingerprint density at radius 3 is 1.85 bits per heavy atom. The third-order valence-corrected chi connectivity index (χ3v) is 18.3. The van der Waals surface area contributed by atoms with Gasteiger partial charge < -0.3 is 53.3 Å². The second-order valence-electron chi connectivity index (χ2n) is 18.2. The second-order valence-corrected chi connectivity index (χ2v) is 23.2. The van der Waals surface area contributed by atoms with Gasteiger partial charge in [-0.25, -0.2) is 31.8 Å². The number of nitrogens with zero attached hydrogens (tertiary/aromatic N) is 8. The monoisotopic (exact) mass is 1160 g/mol. The molecular weight excluding hydrogens is 1110 g/mol. The Morgan fingerprint density at radius 1 is 0.722 bits per heavy atom. The predicted molar refractivity (Wildman–Crippen MR) is 279 cm³/mol. The molecule has 0 radical (unpaired) electrons. The van der Waals surface area contributed by atoms with E-state index in [-0.39, 0.29) is 17.4 Å². The normalized spacial score (nSPS) is 21.5. The van der Waals surface area contributed by atoms with Crippen LogP contribution in [0.1, 0.15) is 48.2 Å². The van der Waals surface area contributed by atoms with Crippen molar-refractivity contribution < 1.29 is 55.3 Å². The van der Waals surface area contributed by atoms with E-state index in [4.69, 9.17) is 60.0 Å². The first-order valence-electron chi connectivity index (χ1n) is 23.5. The maximum Gasteiger partial charge on any atom is 0.490 e. The molecule has 4 saturated heterocycles. The zero-order chi connectivity index (χ0) is 50.8. The second kappa shape index (κ2) is 21.9. The zero-order valence-electron chi connectivity index (χ0n) is 40.0. The van der Waals surface area contributed by atoms with Crippen LogP contribution in [0.25, 0.3) is 28.4 Å². The molecule has 0 spiro atoms. The number of alkyl halides is 1. The number of H-pyrrole nitrogens is 1. The molecule has 26 heteroatoms. The lowest BCUT2D eigenvalue weighted by Crippen LogP contribution is -2.52. The Bertz CT molecular complexity index is 3040. The Balaban J connectivity index is 0.000000144. The fourth-order valence-corrected chi connectivity index (χ4v) is 13.2. The largest absolute Gasteiger partial charge is 0.490 e. The highest BCUT2D eigenvalue weighted by Crippen LogP contribution is 2.50. The number of allylic oxidation sites excluding steroid dienone is 1. The highest BCUT2D eigenvalue weighted by Gasteiger charge is 2.51. The summed E-state index contributed by atoms with van der Waals surface area (Å²) >= 11 is 8.33. The van der Waals surface area contributed by atoms with Gasteiger partial charge in [-0.1, -0.05) is 34.7 Å². The highest BCUT2D eigenvalue weighted by molar-refractivity contribution is 14.1. The molecule has 11 heterocycles. The van der Waals surface area contributed by atoms with Crippen molar-refractivity contribution in [2.24, 2.45) is 0 Å². The van der Waals surface area contributed by atoms with E-state index < -0.39 is 36.3 Å². The average molecular weight is 1160 g/mol. The van der Waals surface area contributed by atoms with Crippen molar-refractivity contribution in [3.8, 4) is 22.9 Å². The van der Waals surface area contributed by atoms with E-state index >= 15 is 0 Å². The summed E-state index contributed by atoms with van der Waals surface area (Å²) in [6.07, 6.45) is 17.1. The number of pyridine rings is 2. The topological polar surface area (TPSA) is 264 Å². The van der Waals surface area contributed by atoms with Gasteiger partial charge in [0.1, 0.15) is 34.1 Å². The Hall–Kier alpha value is -4.32. The van der Waals surface area contributed by atoms with Crippen molar-refractivity contribution in [2.45, 2.75) is 53.7 Å². The standard InChI is InChI=1S/C22H25N5O5S.C15H20ClN3O5S.C8H8BNO2.CH3I/c1-33(28,29)22(3-7-30-8-4-22)19-18-21(27-6-9-31-12-14(27)13-32-18)26-20(25-19)16-10-23-11-17-15(16)2-5-24-17;1-25(20,21)15(2-5-22-6-3-15)12-11-13(18-14(16)17-12)19-4-7-23-8-10(19)9-24-11;11-9(12)8-5-10-4-6-2-1-3-7(6)8;1-2/h2,5,10-11,14,24H,3-4,6-9,12-13H2,1H3;10H,2-9H2,1H3;1,3-5,11-12H,2H2;1H3. The molecule has 4 fully saturated rings. The van der Waals surface area contributed by atoms with Crippen LogP contribution in [0.5, 0.6) is 11.5 Å². The number of anilines is 2. The van der Waals surface area contributed by atoms with Crippen molar-refractivity contribution in [2.75, 3.05) is 106 Å². The molecule has 1 aliphatic carbocycles. The minimum absolute atomic E-state index is 0.0203. The Labute approximate surface area is 436 Å². The van der Waals surface area contributed by atoms with E-state index in [2.05, 4.69) is 57.3 Å². The summed E-state index contributed by atoms with van der Waals surface area (Å²) in [6.45, 7) is 5.73. The molecule has 2 unspecified atom stereocenters. The lowest BCUT2D eigenvalue weighted by Gasteiger charge is -2.43. The summed E-state index contributed by atoms with van der Waals surface area (Å²) in [6, 6.07) is 2.01. The molecule has 72 heavy (non-hydrogen) atoms. The van der Waals surface area contributed by atoms with Gasteiger partial charge in [0.05, 0.1) is 50.2 Å². The van der Waals surface area contributed by atoms with E-state index in [9.17, 15) is 16.8 Å².